The highest BCUT2D eigenvalue weighted by Crippen LogP contribution is 2.23. The van der Waals surface area contributed by atoms with Gasteiger partial charge >= 0.3 is 0 Å². The molecule has 1 amide bonds. The molecule has 98 valence electrons. The van der Waals surface area contributed by atoms with Gasteiger partial charge in [0.2, 0.25) is 0 Å². The van der Waals surface area contributed by atoms with Crippen LogP contribution in [0.5, 0.6) is 0 Å². The van der Waals surface area contributed by atoms with Crippen LogP contribution in [0.3, 0.4) is 0 Å². The topological polar surface area (TPSA) is 29.1 Å². The smallest absolute Gasteiger partial charge is 0.251 e. The highest BCUT2D eigenvalue weighted by molar-refractivity contribution is 5.94. The number of hydrogen-bond donors (Lipinski definition) is 1. The van der Waals surface area contributed by atoms with Gasteiger partial charge in [-0.05, 0) is 49.4 Å². The molecule has 1 saturated carbocycles. The molecule has 1 aromatic carbocycles. The molecule has 2 atom stereocenters. The van der Waals surface area contributed by atoms with Crippen molar-refractivity contribution in [2.75, 3.05) is 0 Å². The van der Waals surface area contributed by atoms with Crippen LogP contribution in [0.2, 0.25) is 0 Å². The van der Waals surface area contributed by atoms with E-state index in [1.165, 1.54) is 18.9 Å². The predicted octanol–water partition coefficient (Wildman–Crippen LogP) is 3.44. The molecule has 1 aromatic rings. The molecule has 2 unspecified atom stereocenters. The molecular weight excluding hydrogens is 229 g/mol. The third-order valence-electron chi connectivity index (χ3n) is 3.69. The molecule has 0 radical (unpaired) electrons. The van der Waals surface area contributed by atoms with Crippen LogP contribution in [-0.4, -0.2) is 11.9 Å². The minimum atomic E-state index is -0.266. The van der Waals surface area contributed by atoms with Gasteiger partial charge in [0.05, 0.1) is 0 Å². The summed E-state index contributed by atoms with van der Waals surface area (Å²) in [5.74, 6) is 0.328. The number of carbonyl (C=O) groups excluding carboxylic acids is 1. The quantitative estimate of drug-likeness (QED) is 0.854. The Balaban J connectivity index is 2.00. The zero-order chi connectivity index (χ0) is 13.1. The second-order valence-corrected chi connectivity index (χ2v) is 5.41. The zero-order valence-corrected chi connectivity index (χ0v) is 11.0. The molecule has 0 aromatic heterocycles. The van der Waals surface area contributed by atoms with E-state index < -0.39 is 0 Å². The van der Waals surface area contributed by atoms with Crippen LogP contribution in [0, 0.1) is 18.7 Å². The van der Waals surface area contributed by atoms with Gasteiger partial charge in [0.25, 0.3) is 5.91 Å². The molecule has 0 spiro atoms. The monoisotopic (exact) mass is 249 g/mol. The van der Waals surface area contributed by atoms with E-state index in [0.29, 0.717) is 17.0 Å². The fraction of sp³-hybridized carbons (Fsp3) is 0.533. The third kappa shape index (κ3) is 3.09. The fourth-order valence-electron chi connectivity index (χ4n) is 2.62. The average molecular weight is 249 g/mol. The lowest BCUT2D eigenvalue weighted by atomic mass is 9.87. The average Bonchev–Trinajstić information content (AvgIpc) is 2.32. The van der Waals surface area contributed by atoms with E-state index >= 15 is 0 Å². The van der Waals surface area contributed by atoms with Gasteiger partial charge in [0, 0.05) is 11.6 Å². The van der Waals surface area contributed by atoms with Crippen LogP contribution in [0.25, 0.3) is 0 Å². The summed E-state index contributed by atoms with van der Waals surface area (Å²) < 4.78 is 13.1. The first-order chi connectivity index (χ1) is 8.56. The minimum absolute atomic E-state index is 0.0859. The molecule has 2 nitrogen and oxygen atoms in total. The van der Waals surface area contributed by atoms with E-state index in [4.69, 9.17) is 0 Å². The van der Waals surface area contributed by atoms with Gasteiger partial charge in [-0.15, -0.1) is 0 Å². The molecule has 2 rings (SSSR count). The molecule has 18 heavy (non-hydrogen) atoms. The first-order valence-corrected chi connectivity index (χ1v) is 6.63. The maximum Gasteiger partial charge on any atom is 0.251 e. The van der Waals surface area contributed by atoms with E-state index in [9.17, 15) is 9.18 Å². The number of nitrogens with one attached hydrogen (secondary N) is 1. The molecule has 1 fully saturated rings. The van der Waals surface area contributed by atoms with Crippen molar-refractivity contribution in [2.24, 2.45) is 5.92 Å². The maximum absolute atomic E-state index is 13.1. The van der Waals surface area contributed by atoms with E-state index in [1.54, 1.807) is 19.1 Å². The van der Waals surface area contributed by atoms with E-state index in [0.717, 1.165) is 12.8 Å². The van der Waals surface area contributed by atoms with Crippen LogP contribution in [0.4, 0.5) is 4.39 Å². The molecule has 0 heterocycles. The first-order valence-electron chi connectivity index (χ1n) is 6.63. The molecule has 0 aliphatic heterocycles. The van der Waals surface area contributed by atoms with Crippen molar-refractivity contribution in [3.63, 3.8) is 0 Å². The zero-order valence-electron chi connectivity index (χ0n) is 11.0. The van der Waals surface area contributed by atoms with Crippen molar-refractivity contribution >= 4 is 5.91 Å². The molecule has 0 saturated heterocycles. The number of carbonyl (C=O) groups is 1. The van der Waals surface area contributed by atoms with Crippen LogP contribution >= 0.6 is 0 Å². The third-order valence-corrected chi connectivity index (χ3v) is 3.69. The van der Waals surface area contributed by atoms with Crippen LogP contribution < -0.4 is 5.32 Å². The number of amides is 1. The number of benzene rings is 1. The largest absolute Gasteiger partial charge is 0.349 e. The number of hydrogen-bond acceptors (Lipinski definition) is 1. The SMILES string of the molecule is Cc1cc(C(=O)NC2CCCC(C)C2)ccc1F. The molecule has 0 bridgehead atoms. The summed E-state index contributed by atoms with van der Waals surface area (Å²) in [6.45, 7) is 3.90. The Morgan fingerprint density at radius 2 is 2.17 bits per heavy atom. The van der Waals surface area contributed by atoms with Crippen molar-refractivity contribution in [1.29, 1.82) is 0 Å². The first kappa shape index (κ1) is 13.1. The molecule has 1 N–H and O–H groups in total. The lowest BCUT2D eigenvalue weighted by molar-refractivity contribution is 0.0921. The van der Waals surface area contributed by atoms with E-state index in [-0.39, 0.29) is 17.8 Å². The normalized spacial score (nSPS) is 23.7. The van der Waals surface area contributed by atoms with Crippen LogP contribution in [0.15, 0.2) is 18.2 Å². The van der Waals surface area contributed by atoms with Crippen LogP contribution in [-0.2, 0) is 0 Å². The van der Waals surface area contributed by atoms with Crippen molar-refractivity contribution in [3.05, 3.63) is 35.1 Å². The van der Waals surface area contributed by atoms with Gasteiger partial charge in [-0.1, -0.05) is 19.8 Å². The van der Waals surface area contributed by atoms with E-state index in [1.807, 2.05) is 0 Å². The lowest BCUT2D eigenvalue weighted by Gasteiger charge is -2.27. The summed E-state index contributed by atoms with van der Waals surface area (Å²) in [4.78, 5) is 12.0. The summed E-state index contributed by atoms with van der Waals surface area (Å²) in [7, 11) is 0. The number of aryl methyl sites for hydroxylation is 1. The van der Waals surface area contributed by atoms with E-state index in [2.05, 4.69) is 12.2 Å². The number of halogens is 1. The Morgan fingerprint density at radius 3 is 2.83 bits per heavy atom. The van der Waals surface area contributed by atoms with Gasteiger partial charge in [-0.3, -0.25) is 4.79 Å². The van der Waals surface area contributed by atoms with Crippen LogP contribution in [0.1, 0.15) is 48.5 Å². The minimum Gasteiger partial charge on any atom is -0.349 e. The summed E-state index contributed by atoms with van der Waals surface area (Å²) in [5, 5.41) is 3.05. The second-order valence-electron chi connectivity index (χ2n) is 5.41. The molecular formula is C15H20FNO. The van der Waals surface area contributed by atoms with Gasteiger partial charge in [0.1, 0.15) is 5.82 Å². The summed E-state index contributed by atoms with van der Waals surface area (Å²) in [6, 6.07) is 4.78. The van der Waals surface area contributed by atoms with Gasteiger partial charge < -0.3 is 5.32 Å². The highest BCUT2D eigenvalue weighted by atomic mass is 19.1. The Bertz CT molecular complexity index is 444. The summed E-state index contributed by atoms with van der Waals surface area (Å²) >= 11 is 0. The fourth-order valence-corrected chi connectivity index (χ4v) is 2.62. The Kier molecular flexibility index (Phi) is 4.00. The van der Waals surface area contributed by atoms with Crippen molar-refractivity contribution in [1.82, 2.24) is 5.32 Å². The van der Waals surface area contributed by atoms with Gasteiger partial charge in [-0.2, -0.15) is 0 Å². The molecule has 1 aliphatic carbocycles. The molecule has 3 heteroatoms. The summed E-state index contributed by atoms with van der Waals surface area (Å²) in [6.07, 6.45) is 4.53. The maximum atomic E-state index is 13.1. The van der Waals surface area contributed by atoms with Crippen molar-refractivity contribution in [3.8, 4) is 0 Å². The van der Waals surface area contributed by atoms with Gasteiger partial charge in [-0.25, -0.2) is 4.39 Å². The molecule has 1 aliphatic rings. The highest BCUT2D eigenvalue weighted by Gasteiger charge is 2.21. The van der Waals surface area contributed by atoms with Gasteiger partial charge in [0.15, 0.2) is 0 Å². The Hall–Kier alpha value is -1.38. The Morgan fingerprint density at radius 1 is 1.39 bits per heavy atom. The number of rotatable bonds is 2. The standard InChI is InChI=1S/C15H20FNO/c1-10-4-3-5-13(8-10)17-15(18)12-6-7-14(16)11(2)9-12/h6-7,9-10,13H,3-5,8H2,1-2H3,(H,17,18). The lowest BCUT2D eigenvalue weighted by Crippen LogP contribution is -2.38. The predicted molar refractivity (Wildman–Crippen MR) is 70.0 cm³/mol. The van der Waals surface area contributed by atoms with Crippen molar-refractivity contribution < 1.29 is 9.18 Å². The second kappa shape index (κ2) is 5.51. The Labute approximate surface area is 108 Å². The summed E-state index contributed by atoms with van der Waals surface area (Å²) in [5.41, 5.74) is 1.06. The van der Waals surface area contributed by atoms with Crippen molar-refractivity contribution in [2.45, 2.75) is 45.6 Å².